The third-order valence-corrected chi connectivity index (χ3v) is 6.99. The molecule has 31 heavy (non-hydrogen) atoms. The molecule has 0 aromatic heterocycles. The smallest absolute Gasteiger partial charge is 0.335 e. The summed E-state index contributed by atoms with van der Waals surface area (Å²) in [5.74, 6) is -0.381. The van der Waals surface area contributed by atoms with Gasteiger partial charge in [-0.3, -0.25) is 4.31 Å². The fourth-order valence-electron chi connectivity index (χ4n) is 3.38. The molecule has 0 fully saturated rings. The van der Waals surface area contributed by atoms with E-state index in [4.69, 9.17) is 9.84 Å². The van der Waals surface area contributed by atoms with Gasteiger partial charge in [0.15, 0.2) is 0 Å². The van der Waals surface area contributed by atoms with Crippen LogP contribution in [0.2, 0.25) is 0 Å². The van der Waals surface area contributed by atoms with Crippen LogP contribution >= 0.6 is 0 Å². The molecule has 0 aliphatic carbocycles. The van der Waals surface area contributed by atoms with Crippen LogP contribution < -0.4 is 9.04 Å². The van der Waals surface area contributed by atoms with Crippen LogP contribution in [0.5, 0.6) is 5.75 Å². The Balaban J connectivity index is 2.27. The van der Waals surface area contributed by atoms with Gasteiger partial charge in [0, 0.05) is 6.04 Å². The number of sulfonamides is 1. The lowest BCUT2D eigenvalue weighted by molar-refractivity contribution is 0.0697. The third-order valence-electron chi connectivity index (χ3n) is 4.97. The third kappa shape index (κ3) is 6.99. The quantitative estimate of drug-likeness (QED) is 0.441. The molecule has 0 bridgehead atoms. The number of nitrogens with zero attached hydrogens (tertiary/aromatic N) is 1. The molecule has 1 N–H and O–H groups in total. The Morgan fingerprint density at radius 2 is 1.74 bits per heavy atom. The van der Waals surface area contributed by atoms with Gasteiger partial charge < -0.3 is 9.84 Å². The summed E-state index contributed by atoms with van der Waals surface area (Å²) >= 11 is 0. The van der Waals surface area contributed by atoms with Crippen molar-refractivity contribution >= 4 is 21.7 Å². The normalized spacial score (nSPS) is 11.5. The average molecular weight is 448 g/mol. The first-order valence-corrected chi connectivity index (χ1v) is 12.3. The van der Waals surface area contributed by atoms with Crippen LogP contribution in [-0.4, -0.2) is 31.3 Å². The minimum atomic E-state index is -3.50. The number of aromatic carboxylic acids is 1. The first-order valence-electron chi connectivity index (χ1n) is 10.7. The van der Waals surface area contributed by atoms with Crippen molar-refractivity contribution in [1.29, 1.82) is 0 Å². The molecule has 0 spiro atoms. The van der Waals surface area contributed by atoms with E-state index >= 15 is 0 Å². The second-order valence-electron chi connectivity index (χ2n) is 8.03. The van der Waals surface area contributed by atoms with Crippen LogP contribution in [0.4, 0.5) is 5.69 Å². The number of unbranched alkanes of at least 4 members (excludes halogenated alkanes) is 3. The molecule has 0 radical (unpaired) electrons. The van der Waals surface area contributed by atoms with Crippen LogP contribution in [0.25, 0.3) is 0 Å². The standard InChI is InChI=1S/C24H33NO5S/c1-5-6-7-8-15-31(28,29)25(18(2)3)22-14-9-19(4)16-23(22)30-17-20-10-12-21(13-11-20)24(26)27/h9-14,16,18H,5-8,15,17H2,1-4H3,(H,26,27). The zero-order valence-electron chi connectivity index (χ0n) is 18.8. The largest absolute Gasteiger partial charge is 0.487 e. The van der Waals surface area contributed by atoms with Crippen LogP contribution in [0.15, 0.2) is 42.5 Å². The van der Waals surface area contributed by atoms with E-state index in [9.17, 15) is 13.2 Å². The number of anilines is 1. The van der Waals surface area contributed by atoms with Gasteiger partial charge in [0.1, 0.15) is 12.4 Å². The van der Waals surface area contributed by atoms with Gasteiger partial charge in [0.2, 0.25) is 10.0 Å². The predicted octanol–water partition coefficient (Wildman–Crippen LogP) is 5.40. The number of aryl methyl sites for hydroxylation is 1. The van der Waals surface area contributed by atoms with Gasteiger partial charge in [-0.15, -0.1) is 0 Å². The molecule has 0 aliphatic heterocycles. The Hall–Kier alpha value is -2.54. The molecule has 6 nitrogen and oxygen atoms in total. The summed E-state index contributed by atoms with van der Waals surface area (Å²) in [5, 5.41) is 9.04. The van der Waals surface area contributed by atoms with E-state index in [0.717, 1.165) is 30.4 Å². The summed E-state index contributed by atoms with van der Waals surface area (Å²) in [6.45, 7) is 7.95. The maximum atomic E-state index is 13.2. The first-order chi connectivity index (χ1) is 14.7. The lowest BCUT2D eigenvalue weighted by atomic mass is 10.1. The number of hydrogen-bond acceptors (Lipinski definition) is 4. The number of carboxylic acids is 1. The molecule has 0 amide bonds. The molecule has 2 aromatic carbocycles. The van der Waals surface area contributed by atoms with Crippen LogP contribution in [0.1, 0.15) is 67.9 Å². The summed E-state index contributed by atoms with van der Waals surface area (Å²) < 4.78 is 33.8. The molecule has 0 unspecified atom stereocenters. The van der Waals surface area contributed by atoms with Crippen LogP contribution in [0.3, 0.4) is 0 Å². The van der Waals surface area contributed by atoms with Gasteiger partial charge in [-0.05, 0) is 62.6 Å². The lowest BCUT2D eigenvalue weighted by Gasteiger charge is -2.30. The van der Waals surface area contributed by atoms with Crippen molar-refractivity contribution in [1.82, 2.24) is 0 Å². The molecule has 0 saturated carbocycles. The maximum absolute atomic E-state index is 13.2. The molecule has 2 rings (SSSR count). The van der Waals surface area contributed by atoms with Crippen molar-refractivity contribution in [2.75, 3.05) is 10.1 Å². The molecule has 2 aromatic rings. The highest BCUT2D eigenvalue weighted by molar-refractivity contribution is 7.92. The van der Waals surface area contributed by atoms with E-state index in [1.54, 1.807) is 18.2 Å². The van der Waals surface area contributed by atoms with Crippen LogP contribution in [-0.2, 0) is 16.6 Å². The zero-order chi connectivity index (χ0) is 23.0. The van der Waals surface area contributed by atoms with Gasteiger partial charge in [-0.25, -0.2) is 13.2 Å². The van der Waals surface area contributed by atoms with Gasteiger partial charge in [-0.1, -0.05) is 44.4 Å². The average Bonchev–Trinajstić information content (AvgIpc) is 2.71. The Morgan fingerprint density at radius 3 is 2.32 bits per heavy atom. The van der Waals surface area contributed by atoms with Gasteiger partial charge in [0.25, 0.3) is 0 Å². The van der Waals surface area contributed by atoms with Crippen molar-refractivity contribution in [3.63, 3.8) is 0 Å². The minimum Gasteiger partial charge on any atom is -0.487 e. The second kappa shape index (κ2) is 11.2. The van der Waals surface area contributed by atoms with Gasteiger partial charge >= 0.3 is 5.97 Å². The van der Waals surface area contributed by atoms with Crippen LogP contribution in [0, 0.1) is 6.92 Å². The van der Waals surface area contributed by atoms with Crippen molar-refractivity contribution in [2.45, 2.75) is 66.0 Å². The number of ether oxygens (including phenoxy) is 1. The van der Waals surface area contributed by atoms with Crippen molar-refractivity contribution in [3.8, 4) is 5.75 Å². The maximum Gasteiger partial charge on any atom is 0.335 e. The molecular formula is C24H33NO5S. The molecule has 0 heterocycles. The summed E-state index contributed by atoms with van der Waals surface area (Å²) in [7, 11) is -3.50. The van der Waals surface area contributed by atoms with E-state index in [0.29, 0.717) is 17.9 Å². The lowest BCUT2D eigenvalue weighted by Crippen LogP contribution is -2.39. The second-order valence-corrected chi connectivity index (χ2v) is 9.99. The van der Waals surface area contributed by atoms with Gasteiger partial charge in [-0.2, -0.15) is 0 Å². The Labute approximate surface area is 185 Å². The molecule has 0 aliphatic rings. The monoisotopic (exact) mass is 447 g/mol. The van der Waals surface area contributed by atoms with E-state index in [-0.39, 0.29) is 24.0 Å². The number of benzene rings is 2. The topological polar surface area (TPSA) is 83.9 Å². The fourth-order valence-corrected chi connectivity index (χ4v) is 5.24. The fraction of sp³-hybridized carbons (Fsp3) is 0.458. The highest BCUT2D eigenvalue weighted by atomic mass is 32.2. The van der Waals surface area contributed by atoms with E-state index in [2.05, 4.69) is 6.92 Å². The summed E-state index contributed by atoms with van der Waals surface area (Å²) in [6.07, 6.45) is 3.61. The van der Waals surface area contributed by atoms with E-state index < -0.39 is 16.0 Å². The predicted molar refractivity (Wildman–Crippen MR) is 124 cm³/mol. The summed E-state index contributed by atoms with van der Waals surface area (Å²) in [6, 6.07) is 11.7. The van der Waals surface area contributed by atoms with Crippen molar-refractivity contribution < 1.29 is 23.1 Å². The number of carboxylic acid groups (broad SMARTS) is 1. The Morgan fingerprint density at radius 1 is 1.06 bits per heavy atom. The van der Waals surface area contributed by atoms with E-state index in [1.807, 2.05) is 32.9 Å². The van der Waals surface area contributed by atoms with Gasteiger partial charge in [0.05, 0.1) is 17.0 Å². The SMILES string of the molecule is CCCCCCS(=O)(=O)N(c1ccc(C)cc1OCc1ccc(C(=O)O)cc1)C(C)C. The first kappa shape index (κ1) is 24.7. The Kier molecular flexibility index (Phi) is 8.92. The highest BCUT2D eigenvalue weighted by Crippen LogP contribution is 2.34. The molecular weight excluding hydrogens is 414 g/mol. The molecule has 7 heteroatoms. The number of hydrogen-bond donors (Lipinski definition) is 1. The molecule has 0 saturated heterocycles. The van der Waals surface area contributed by atoms with Crippen molar-refractivity contribution in [3.05, 3.63) is 59.2 Å². The number of rotatable bonds is 12. The highest BCUT2D eigenvalue weighted by Gasteiger charge is 2.27. The number of carbonyl (C=O) groups is 1. The summed E-state index contributed by atoms with van der Waals surface area (Å²) in [5.41, 5.74) is 2.50. The van der Waals surface area contributed by atoms with E-state index in [1.165, 1.54) is 16.4 Å². The van der Waals surface area contributed by atoms with Crippen molar-refractivity contribution in [2.24, 2.45) is 0 Å². The zero-order valence-corrected chi connectivity index (χ0v) is 19.6. The Bertz CT molecular complexity index is 968. The minimum absolute atomic E-state index is 0.106. The summed E-state index contributed by atoms with van der Waals surface area (Å²) in [4.78, 5) is 11.0. The molecule has 170 valence electrons. The molecule has 0 atom stereocenters.